The van der Waals surface area contributed by atoms with Crippen molar-refractivity contribution < 1.29 is 0 Å². The molecule has 0 amide bonds. The highest BCUT2D eigenvalue weighted by Crippen LogP contribution is 2.34. The van der Waals surface area contributed by atoms with Crippen molar-refractivity contribution in [1.82, 2.24) is 9.78 Å². The predicted molar refractivity (Wildman–Crippen MR) is 77.8 cm³/mol. The van der Waals surface area contributed by atoms with Crippen LogP contribution in [0.1, 0.15) is 11.3 Å². The Morgan fingerprint density at radius 1 is 1.33 bits per heavy atom. The van der Waals surface area contributed by atoms with Crippen LogP contribution in [0.2, 0.25) is 0 Å². The lowest BCUT2D eigenvalue weighted by Crippen LogP contribution is -2.01. The van der Waals surface area contributed by atoms with Gasteiger partial charge in [-0.2, -0.15) is 10.4 Å². The lowest BCUT2D eigenvalue weighted by molar-refractivity contribution is 0.765. The number of nitriles is 1. The molecule has 0 fully saturated rings. The number of para-hydroxylation sites is 1. The van der Waals surface area contributed by atoms with Crippen LogP contribution in [0.3, 0.4) is 0 Å². The maximum atomic E-state index is 9.16. The summed E-state index contributed by atoms with van der Waals surface area (Å²) in [4.78, 5) is 0. The molecule has 1 N–H and O–H groups in total. The summed E-state index contributed by atoms with van der Waals surface area (Å²) in [7, 11) is 1.81. The van der Waals surface area contributed by atoms with Crippen molar-refractivity contribution in [1.29, 1.82) is 5.26 Å². The highest BCUT2D eigenvalue weighted by molar-refractivity contribution is 9.11. The van der Waals surface area contributed by atoms with E-state index in [1.807, 2.05) is 25.1 Å². The molecule has 0 aliphatic heterocycles. The first kappa shape index (κ1) is 13.1. The highest BCUT2D eigenvalue weighted by atomic mass is 79.9. The number of anilines is 2. The number of hydrogen-bond acceptors (Lipinski definition) is 3. The molecule has 0 atom stereocenters. The predicted octanol–water partition coefficient (Wildman–Crippen LogP) is 3.87. The maximum absolute atomic E-state index is 9.16. The molecule has 0 aliphatic rings. The molecule has 1 aromatic carbocycles. The Morgan fingerprint density at radius 3 is 2.50 bits per heavy atom. The number of benzene rings is 1. The zero-order valence-electron chi connectivity index (χ0n) is 9.83. The van der Waals surface area contributed by atoms with Gasteiger partial charge in [0.15, 0.2) is 0 Å². The first-order chi connectivity index (χ1) is 8.54. The first-order valence-corrected chi connectivity index (χ1v) is 6.78. The summed E-state index contributed by atoms with van der Waals surface area (Å²) in [6.07, 6.45) is 0. The Labute approximate surface area is 122 Å². The van der Waals surface area contributed by atoms with E-state index in [9.17, 15) is 0 Å². The Kier molecular flexibility index (Phi) is 3.73. The average Bonchev–Trinajstić information content (AvgIpc) is 2.58. The monoisotopic (exact) mass is 368 g/mol. The van der Waals surface area contributed by atoms with Gasteiger partial charge in [0.1, 0.15) is 17.5 Å². The Hall–Kier alpha value is -1.32. The molecule has 0 spiro atoms. The maximum Gasteiger partial charge on any atom is 0.146 e. The molecule has 4 nitrogen and oxygen atoms in total. The summed E-state index contributed by atoms with van der Waals surface area (Å²) in [5, 5.41) is 16.6. The van der Waals surface area contributed by atoms with Crippen molar-refractivity contribution in [3.63, 3.8) is 0 Å². The zero-order chi connectivity index (χ0) is 13.3. The number of nitrogens with zero attached hydrogens (tertiary/aromatic N) is 3. The van der Waals surface area contributed by atoms with Crippen LogP contribution in [0, 0.1) is 18.3 Å². The lowest BCUT2D eigenvalue weighted by atomic mass is 10.2. The van der Waals surface area contributed by atoms with E-state index in [1.165, 1.54) is 0 Å². The van der Waals surface area contributed by atoms with Gasteiger partial charge in [-0.1, -0.05) is 6.07 Å². The molecular formula is C12H10Br2N4. The quantitative estimate of drug-likeness (QED) is 0.874. The van der Waals surface area contributed by atoms with Crippen molar-refractivity contribution in [2.75, 3.05) is 5.32 Å². The third-order valence-electron chi connectivity index (χ3n) is 2.54. The molecule has 18 heavy (non-hydrogen) atoms. The summed E-state index contributed by atoms with van der Waals surface area (Å²) < 4.78 is 3.50. The van der Waals surface area contributed by atoms with Gasteiger partial charge in [0, 0.05) is 16.0 Å². The molecular weight excluding hydrogens is 360 g/mol. The van der Waals surface area contributed by atoms with Crippen LogP contribution >= 0.6 is 31.9 Å². The number of aryl methyl sites for hydroxylation is 2. The highest BCUT2D eigenvalue weighted by Gasteiger charge is 2.15. The molecule has 1 heterocycles. The van der Waals surface area contributed by atoms with E-state index < -0.39 is 0 Å². The largest absolute Gasteiger partial charge is 0.337 e. The fourth-order valence-electron chi connectivity index (χ4n) is 1.67. The second-order valence-electron chi connectivity index (χ2n) is 3.77. The SMILES string of the molecule is Cc1nn(C)c(Nc2c(Br)cccc2Br)c1C#N. The van der Waals surface area contributed by atoms with Crippen molar-refractivity contribution >= 4 is 43.4 Å². The van der Waals surface area contributed by atoms with Crippen molar-refractivity contribution in [3.05, 3.63) is 38.4 Å². The van der Waals surface area contributed by atoms with Gasteiger partial charge in [-0.3, -0.25) is 4.68 Å². The van der Waals surface area contributed by atoms with Gasteiger partial charge < -0.3 is 5.32 Å². The third-order valence-corrected chi connectivity index (χ3v) is 3.86. The van der Waals surface area contributed by atoms with Crippen LogP contribution in [0.15, 0.2) is 27.1 Å². The zero-order valence-corrected chi connectivity index (χ0v) is 13.0. The van der Waals surface area contributed by atoms with Crippen LogP contribution in [-0.4, -0.2) is 9.78 Å². The number of hydrogen-bond donors (Lipinski definition) is 1. The van der Waals surface area contributed by atoms with Gasteiger partial charge in [0.05, 0.1) is 11.4 Å². The van der Waals surface area contributed by atoms with Gasteiger partial charge >= 0.3 is 0 Å². The molecule has 2 rings (SSSR count). The Bertz CT molecular complexity index is 620. The van der Waals surface area contributed by atoms with Gasteiger partial charge in [-0.05, 0) is 50.9 Å². The van der Waals surface area contributed by atoms with E-state index in [0.717, 1.165) is 14.6 Å². The van der Waals surface area contributed by atoms with Gasteiger partial charge in [-0.15, -0.1) is 0 Å². The fraction of sp³-hybridized carbons (Fsp3) is 0.167. The Morgan fingerprint density at radius 2 is 1.94 bits per heavy atom. The molecule has 1 aromatic heterocycles. The molecule has 0 saturated heterocycles. The van der Waals surface area contributed by atoms with E-state index in [2.05, 4.69) is 48.3 Å². The Balaban J connectivity index is 2.50. The average molecular weight is 370 g/mol. The van der Waals surface area contributed by atoms with E-state index in [-0.39, 0.29) is 0 Å². The van der Waals surface area contributed by atoms with Crippen LogP contribution in [0.5, 0.6) is 0 Å². The minimum atomic E-state index is 0.556. The number of rotatable bonds is 2. The number of aromatic nitrogens is 2. The summed E-state index contributed by atoms with van der Waals surface area (Å²) in [6, 6.07) is 7.96. The molecule has 2 aromatic rings. The number of halogens is 2. The van der Waals surface area contributed by atoms with E-state index in [1.54, 1.807) is 11.7 Å². The van der Waals surface area contributed by atoms with Crippen molar-refractivity contribution in [2.45, 2.75) is 6.92 Å². The van der Waals surface area contributed by atoms with Crippen LogP contribution in [-0.2, 0) is 7.05 Å². The second kappa shape index (κ2) is 5.12. The van der Waals surface area contributed by atoms with Gasteiger partial charge in [0.25, 0.3) is 0 Å². The van der Waals surface area contributed by atoms with Crippen molar-refractivity contribution in [2.24, 2.45) is 7.05 Å². The standard InChI is InChI=1S/C12H10Br2N4/c1-7-8(6-15)12(18(2)17-7)16-11-9(13)4-3-5-10(11)14/h3-5,16H,1-2H3. The lowest BCUT2D eigenvalue weighted by Gasteiger charge is -2.11. The third kappa shape index (κ3) is 2.28. The second-order valence-corrected chi connectivity index (χ2v) is 5.47. The number of nitrogens with one attached hydrogen (secondary N) is 1. The molecule has 0 saturated carbocycles. The fourth-order valence-corrected chi connectivity index (χ4v) is 2.87. The van der Waals surface area contributed by atoms with E-state index in [0.29, 0.717) is 17.1 Å². The minimum Gasteiger partial charge on any atom is -0.337 e. The molecule has 0 aliphatic carbocycles. The van der Waals surface area contributed by atoms with Crippen LogP contribution in [0.4, 0.5) is 11.5 Å². The van der Waals surface area contributed by atoms with Crippen LogP contribution in [0.25, 0.3) is 0 Å². The normalized spacial score (nSPS) is 10.2. The summed E-state index contributed by atoms with van der Waals surface area (Å²) >= 11 is 6.95. The topological polar surface area (TPSA) is 53.6 Å². The summed E-state index contributed by atoms with van der Waals surface area (Å²) in [5.74, 6) is 0.683. The molecule has 0 radical (unpaired) electrons. The molecule has 6 heteroatoms. The smallest absolute Gasteiger partial charge is 0.146 e. The molecule has 0 unspecified atom stereocenters. The van der Waals surface area contributed by atoms with Gasteiger partial charge in [0.2, 0.25) is 0 Å². The minimum absolute atomic E-state index is 0.556. The molecule has 92 valence electrons. The van der Waals surface area contributed by atoms with Gasteiger partial charge in [-0.25, -0.2) is 0 Å². The van der Waals surface area contributed by atoms with E-state index in [4.69, 9.17) is 5.26 Å². The summed E-state index contributed by atoms with van der Waals surface area (Å²) in [5.41, 5.74) is 2.14. The first-order valence-electron chi connectivity index (χ1n) is 5.19. The van der Waals surface area contributed by atoms with E-state index >= 15 is 0 Å². The van der Waals surface area contributed by atoms with Crippen molar-refractivity contribution in [3.8, 4) is 6.07 Å². The molecule has 0 bridgehead atoms. The van der Waals surface area contributed by atoms with Crippen LogP contribution < -0.4 is 5.32 Å². The summed E-state index contributed by atoms with van der Waals surface area (Å²) in [6.45, 7) is 1.82.